The minimum atomic E-state index is 0.645. The predicted molar refractivity (Wildman–Crippen MR) is 79.6 cm³/mol. The molecule has 0 amide bonds. The maximum Gasteiger partial charge on any atom is 0.138 e. The number of nitrogens with zero attached hydrogens (tertiary/aromatic N) is 2. The van der Waals surface area contributed by atoms with E-state index in [4.69, 9.17) is 4.52 Å². The molecule has 0 spiro atoms. The van der Waals surface area contributed by atoms with Gasteiger partial charge in [-0.15, -0.1) is 0 Å². The predicted octanol–water partition coefficient (Wildman–Crippen LogP) is 3.50. The van der Waals surface area contributed by atoms with E-state index in [0.29, 0.717) is 6.04 Å². The summed E-state index contributed by atoms with van der Waals surface area (Å²) in [5.74, 6) is 0.966. The van der Waals surface area contributed by atoms with Crippen LogP contribution < -0.4 is 0 Å². The fourth-order valence-electron chi connectivity index (χ4n) is 3.15. The molecule has 3 nitrogen and oxygen atoms in total. The van der Waals surface area contributed by atoms with Crippen molar-refractivity contribution in [3.63, 3.8) is 0 Å². The van der Waals surface area contributed by atoms with E-state index in [0.717, 1.165) is 24.4 Å². The zero-order chi connectivity index (χ0) is 13.9. The number of aromatic nitrogens is 1. The molecule has 1 fully saturated rings. The molecule has 1 atom stereocenters. The summed E-state index contributed by atoms with van der Waals surface area (Å²) in [4.78, 5) is 2.58. The molecule has 1 aliphatic rings. The second-order valence-electron chi connectivity index (χ2n) is 5.76. The fourth-order valence-corrected chi connectivity index (χ4v) is 3.15. The Morgan fingerprint density at radius 1 is 1.25 bits per heavy atom. The summed E-state index contributed by atoms with van der Waals surface area (Å²) < 4.78 is 5.28. The smallest absolute Gasteiger partial charge is 0.138 e. The van der Waals surface area contributed by atoms with E-state index in [-0.39, 0.29) is 0 Å². The van der Waals surface area contributed by atoms with Crippen molar-refractivity contribution in [3.05, 3.63) is 52.9 Å². The quantitative estimate of drug-likeness (QED) is 0.851. The molecule has 20 heavy (non-hydrogen) atoms. The highest BCUT2D eigenvalue weighted by Crippen LogP contribution is 2.25. The van der Waals surface area contributed by atoms with Gasteiger partial charge in [-0.1, -0.05) is 35.5 Å². The third-order valence-electron chi connectivity index (χ3n) is 4.36. The van der Waals surface area contributed by atoms with E-state index in [1.165, 1.54) is 30.5 Å². The normalized spacial score (nSPS) is 19.6. The summed E-state index contributed by atoms with van der Waals surface area (Å²) >= 11 is 0. The molecular formula is C17H22N2O. The topological polar surface area (TPSA) is 29.3 Å². The molecule has 3 rings (SSSR count). The first-order valence-electron chi connectivity index (χ1n) is 7.44. The molecule has 0 radical (unpaired) electrons. The van der Waals surface area contributed by atoms with E-state index in [1.807, 2.05) is 13.8 Å². The van der Waals surface area contributed by atoms with Crippen LogP contribution in [0.3, 0.4) is 0 Å². The Bertz CT molecular complexity index is 542. The molecule has 2 aromatic rings. The fraction of sp³-hybridized carbons (Fsp3) is 0.471. The third-order valence-corrected chi connectivity index (χ3v) is 4.36. The summed E-state index contributed by atoms with van der Waals surface area (Å²) in [6.45, 7) is 6.20. The van der Waals surface area contributed by atoms with Gasteiger partial charge in [-0.2, -0.15) is 0 Å². The van der Waals surface area contributed by atoms with Crippen molar-refractivity contribution in [2.75, 3.05) is 6.54 Å². The molecule has 1 aromatic heterocycles. The third kappa shape index (κ3) is 2.78. The van der Waals surface area contributed by atoms with Crippen molar-refractivity contribution in [3.8, 4) is 0 Å². The Kier molecular flexibility index (Phi) is 3.88. The molecule has 0 N–H and O–H groups in total. The van der Waals surface area contributed by atoms with Crippen LogP contribution in [0.1, 0.15) is 35.4 Å². The van der Waals surface area contributed by atoms with Gasteiger partial charge in [-0.05, 0) is 45.2 Å². The molecular weight excluding hydrogens is 248 g/mol. The average Bonchev–Trinajstić information content (AvgIpc) is 3.02. The van der Waals surface area contributed by atoms with Gasteiger partial charge in [-0.3, -0.25) is 4.90 Å². The van der Waals surface area contributed by atoms with Gasteiger partial charge in [0.1, 0.15) is 5.76 Å². The van der Waals surface area contributed by atoms with Gasteiger partial charge >= 0.3 is 0 Å². The molecule has 1 aliphatic heterocycles. The second-order valence-corrected chi connectivity index (χ2v) is 5.76. The Hall–Kier alpha value is -1.61. The Labute approximate surface area is 120 Å². The van der Waals surface area contributed by atoms with Crippen molar-refractivity contribution in [1.29, 1.82) is 0 Å². The lowest BCUT2D eigenvalue weighted by atomic mass is 10.0. The van der Waals surface area contributed by atoms with Gasteiger partial charge in [0, 0.05) is 18.2 Å². The lowest BCUT2D eigenvalue weighted by Crippen LogP contribution is -2.31. The first-order valence-corrected chi connectivity index (χ1v) is 7.44. The molecule has 0 saturated carbocycles. The average molecular weight is 270 g/mol. The highest BCUT2D eigenvalue weighted by molar-refractivity contribution is 5.21. The first kappa shape index (κ1) is 13.4. The van der Waals surface area contributed by atoms with E-state index in [2.05, 4.69) is 40.4 Å². The molecule has 1 unspecified atom stereocenters. The van der Waals surface area contributed by atoms with E-state index < -0.39 is 0 Å². The van der Waals surface area contributed by atoms with Gasteiger partial charge in [0.15, 0.2) is 0 Å². The van der Waals surface area contributed by atoms with Gasteiger partial charge in [0.25, 0.3) is 0 Å². The maximum absolute atomic E-state index is 5.28. The van der Waals surface area contributed by atoms with Crippen molar-refractivity contribution in [2.24, 2.45) is 0 Å². The van der Waals surface area contributed by atoms with Crippen molar-refractivity contribution in [2.45, 2.75) is 45.7 Å². The van der Waals surface area contributed by atoms with Crippen molar-refractivity contribution in [1.82, 2.24) is 10.1 Å². The maximum atomic E-state index is 5.28. The first-order chi connectivity index (χ1) is 9.74. The van der Waals surface area contributed by atoms with Crippen LogP contribution in [-0.4, -0.2) is 22.6 Å². The minimum absolute atomic E-state index is 0.645. The number of hydrogen-bond acceptors (Lipinski definition) is 3. The number of aryl methyl sites for hydroxylation is 2. The SMILES string of the molecule is Cc1noc(C)c1CN1CCCC1Cc1ccccc1. The summed E-state index contributed by atoms with van der Waals surface area (Å²) in [6, 6.07) is 11.4. The number of hydrogen-bond donors (Lipinski definition) is 0. The van der Waals surface area contributed by atoms with Crippen LogP contribution >= 0.6 is 0 Å². The summed E-state index contributed by atoms with van der Waals surface area (Å²) in [5.41, 5.74) is 3.74. The number of benzene rings is 1. The van der Waals surface area contributed by atoms with Gasteiger partial charge < -0.3 is 4.52 Å². The van der Waals surface area contributed by atoms with Crippen LogP contribution in [0, 0.1) is 13.8 Å². The van der Waals surface area contributed by atoms with Crippen LogP contribution in [-0.2, 0) is 13.0 Å². The molecule has 0 aliphatic carbocycles. The Morgan fingerprint density at radius 3 is 2.75 bits per heavy atom. The Balaban J connectivity index is 1.70. The van der Waals surface area contributed by atoms with Gasteiger partial charge in [0.2, 0.25) is 0 Å². The molecule has 1 saturated heterocycles. The minimum Gasteiger partial charge on any atom is -0.361 e. The zero-order valence-corrected chi connectivity index (χ0v) is 12.3. The molecule has 106 valence electrons. The van der Waals surface area contributed by atoms with Crippen molar-refractivity contribution >= 4 is 0 Å². The van der Waals surface area contributed by atoms with Gasteiger partial charge in [0.05, 0.1) is 5.69 Å². The number of rotatable bonds is 4. The highest BCUT2D eigenvalue weighted by Gasteiger charge is 2.26. The standard InChI is InChI=1S/C17H22N2O/c1-13-17(14(2)20-18-13)12-19-10-6-9-16(19)11-15-7-4-3-5-8-15/h3-5,7-8,16H,6,9-12H2,1-2H3. The lowest BCUT2D eigenvalue weighted by Gasteiger charge is -2.24. The van der Waals surface area contributed by atoms with Gasteiger partial charge in [-0.25, -0.2) is 0 Å². The van der Waals surface area contributed by atoms with Crippen LogP contribution in [0.5, 0.6) is 0 Å². The van der Waals surface area contributed by atoms with E-state index in [1.54, 1.807) is 0 Å². The zero-order valence-electron chi connectivity index (χ0n) is 12.3. The van der Waals surface area contributed by atoms with Crippen LogP contribution in [0.25, 0.3) is 0 Å². The molecule has 0 bridgehead atoms. The summed E-state index contributed by atoms with van der Waals surface area (Å²) in [6.07, 6.45) is 3.73. The Morgan fingerprint density at radius 2 is 2.05 bits per heavy atom. The molecule has 2 heterocycles. The van der Waals surface area contributed by atoms with Crippen molar-refractivity contribution < 1.29 is 4.52 Å². The summed E-state index contributed by atoms with van der Waals surface area (Å²) in [5, 5.41) is 4.07. The largest absolute Gasteiger partial charge is 0.361 e. The lowest BCUT2D eigenvalue weighted by molar-refractivity contribution is 0.242. The highest BCUT2D eigenvalue weighted by atomic mass is 16.5. The van der Waals surface area contributed by atoms with Crippen LogP contribution in [0.2, 0.25) is 0 Å². The van der Waals surface area contributed by atoms with Crippen LogP contribution in [0.4, 0.5) is 0 Å². The van der Waals surface area contributed by atoms with E-state index >= 15 is 0 Å². The van der Waals surface area contributed by atoms with Crippen LogP contribution in [0.15, 0.2) is 34.9 Å². The number of likely N-dealkylation sites (tertiary alicyclic amines) is 1. The molecule has 3 heteroatoms. The van der Waals surface area contributed by atoms with E-state index in [9.17, 15) is 0 Å². The molecule has 1 aromatic carbocycles. The summed E-state index contributed by atoms with van der Waals surface area (Å²) in [7, 11) is 0. The monoisotopic (exact) mass is 270 g/mol. The second kappa shape index (κ2) is 5.80.